The van der Waals surface area contributed by atoms with E-state index < -0.39 is 0 Å². The van der Waals surface area contributed by atoms with E-state index in [9.17, 15) is 4.39 Å². The smallest absolute Gasteiger partial charge is 0.123 e. The van der Waals surface area contributed by atoms with Crippen LogP contribution in [0.15, 0.2) is 36.7 Å². The first-order valence-electron chi connectivity index (χ1n) is 8.41. The first kappa shape index (κ1) is 17.4. The van der Waals surface area contributed by atoms with Crippen LogP contribution in [0.2, 0.25) is 0 Å². The summed E-state index contributed by atoms with van der Waals surface area (Å²) >= 11 is 0. The van der Waals surface area contributed by atoms with Crippen LogP contribution >= 0.6 is 12.4 Å². The lowest BCUT2D eigenvalue weighted by Gasteiger charge is -2.17. The highest BCUT2D eigenvalue weighted by molar-refractivity contribution is 5.85. The van der Waals surface area contributed by atoms with Crippen molar-refractivity contribution in [2.75, 3.05) is 13.1 Å². The summed E-state index contributed by atoms with van der Waals surface area (Å²) in [6, 6.07) is 6.99. The molecule has 4 nitrogen and oxygen atoms in total. The van der Waals surface area contributed by atoms with Gasteiger partial charge in [-0.05, 0) is 42.4 Å². The topological polar surface area (TPSA) is 47.1 Å². The van der Waals surface area contributed by atoms with Crippen molar-refractivity contribution in [1.82, 2.24) is 14.7 Å². The van der Waals surface area contributed by atoms with Crippen LogP contribution in [0.25, 0.3) is 0 Å². The zero-order valence-corrected chi connectivity index (χ0v) is 14.5. The summed E-state index contributed by atoms with van der Waals surface area (Å²) in [5.41, 5.74) is 8.50. The fraction of sp³-hybridized carbons (Fsp3) is 0.500. The molecule has 1 aliphatic carbocycles. The molecule has 130 valence electrons. The van der Waals surface area contributed by atoms with Crippen LogP contribution in [0.5, 0.6) is 0 Å². The number of aromatic nitrogens is 2. The zero-order chi connectivity index (χ0) is 15.8. The molecule has 0 radical (unpaired) electrons. The maximum atomic E-state index is 12.9. The molecule has 4 rings (SSSR count). The van der Waals surface area contributed by atoms with E-state index in [-0.39, 0.29) is 18.2 Å². The van der Waals surface area contributed by atoms with Gasteiger partial charge in [0.05, 0.1) is 12.7 Å². The van der Waals surface area contributed by atoms with Crippen molar-refractivity contribution >= 4 is 12.4 Å². The summed E-state index contributed by atoms with van der Waals surface area (Å²) in [7, 11) is 0. The van der Waals surface area contributed by atoms with Gasteiger partial charge < -0.3 is 5.73 Å². The SMILES string of the molecule is Cl.NC1CCC2CN(Cc3cnn(Cc4ccc(F)cc4)c3)CC12. The number of fused-ring (bicyclic) bond motifs is 1. The Labute approximate surface area is 148 Å². The van der Waals surface area contributed by atoms with E-state index in [0.29, 0.717) is 18.5 Å². The van der Waals surface area contributed by atoms with Crippen molar-refractivity contribution in [3.8, 4) is 0 Å². The summed E-state index contributed by atoms with van der Waals surface area (Å²) in [6.07, 6.45) is 6.51. The number of nitrogens with zero attached hydrogens (tertiary/aromatic N) is 3. The number of likely N-dealkylation sites (tertiary alicyclic amines) is 1. The molecule has 0 bridgehead atoms. The quantitative estimate of drug-likeness (QED) is 0.922. The molecule has 0 spiro atoms. The second-order valence-corrected chi connectivity index (χ2v) is 7.03. The Kier molecular flexibility index (Phi) is 5.23. The third-order valence-corrected chi connectivity index (χ3v) is 5.34. The third kappa shape index (κ3) is 3.63. The van der Waals surface area contributed by atoms with Gasteiger partial charge in [0.2, 0.25) is 0 Å². The Balaban J connectivity index is 0.00000169. The Hall–Kier alpha value is -1.43. The first-order chi connectivity index (χ1) is 11.2. The van der Waals surface area contributed by atoms with Crippen LogP contribution in [0.3, 0.4) is 0 Å². The Morgan fingerprint density at radius 3 is 2.62 bits per heavy atom. The minimum absolute atomic E-state index is 0. The molecule has 2 N–H and O–H groups in total. The lowest BCUT2D eigenvalue weighted by Crippen LogP contribution is -2.30. The molecule has 1 aromatic carbocycles. The average molecular weight is 351 g/mol. The van der Waals surface area contributed by atoms with Gasteiger partial charge in [0.1, 0.15) is 5.82 Å². The van der Waals surface area contributed by atoms with E-state index in [1.165, 1.54) is 37.1 Å². The van der Waals surface area contributed by atoms with Gasteiger partial charge >= 0.3 is 0 Å². The molecular formula is C18H24ClFN4. The summed E-state index contributed by atoms with van der Waals surface area (Å²) in [4.78, 5) is 2.51. The largest absolute Gasteiger partial charge is 0.327 e. The molecule has 6 heteroatoms. The molecule has 1 saturated carbocycles. The van der Waals surface area contributed by atoms with Crippen LogP contribution in [-0.4, -0.2) is 33.8 Å². The lowest BCUT2D eigenvalue weighted by molar-refractivity contribution is 0.298. The van der Waals surface area contributed by atoms with E-state index >= 15 is 0 Å². The van der Waals surface area contributed by atoms with Gasteiger partial charge in [-0.3, -0.25) is 9.58 Å². The second kappa shape index (κ2) is 7.21. The summed E-state index contributed by atoms with van der Waals surface area (Å²) in [5.74, 6) is 1.27. The molecule has 2 heterocycles. The van der Waals surface area contributed by atoms with Gasteiger partial charge in [-0.15, -0.1) is 12.4 Å². The highest BCUT2D eigenvalue weighted by Gasteiger charge is 2.40. The molecule has 2 fully saturated rings. The van der Waals surface area contributed by atoms with Crippen LogP contribution in [0.1, 0.15) is 24.0 Å². The van der Waals surface area contributed by atoms with Crippen molar-refractivity contribution in [1.29, 1.82) is 0 Å². The van der Waals surface area contributed by atoms with Crippen molar-refractivity contribution in [2.24, 2.45) is 17.6 Å². The number of rotatable bonds is 4. The average Bonchev–Trinajstić information content (AvgIpc) is 3.21. The normalized spacial score (nSPS) is 26.3. The molecule has 3 atom stereocenters. The molecule has 2 aromatic rings. The minimum atomic E-state index is -0.201. The van der Waals surface area contributed by atoms with Crippen LogP contribution in [0, 0.1) is 17.7 Å². The van der Waals surface area contributed by atoms with E-state index in [2.05, 4.69) is 16.2 Å². The molecule has 1 aromatic heterocycles. The van der Waals surface area contributed by atoms with Crippen LogP contribution in [-0.2, 0) is 13.1 Å². The molecular weight excluding hydrogens is 327 g/mol. The van der Waals surface area contributed by atoms with Crippen molar-refractivity contribution in [2.45, 2.75) is 32.0 Å². The fourth-order valence-electron chi connectivity index (χ4n) is 4.14. The monoisotopic (exact) mass is 350 g/mol. The highest BCUT2D eigenvalue weighted by Crippen LogP contribution is 2.37. The highest BCUT2D eigenvalue weighted by atomic mass is 35.5. The van der Waals surface area contributed by atoms with E-state index in [1.807, 2.05) is 10.9 Å². The van der Waals surface area contributed by atoms with Gasteiger partial charge in [0.15, 0.2) is 0 Å². The third-order valence-electron chi connectivity index (χ3n) is 5.34. The molecule has 1 saturated heterocycles. The summed E-state index contributed by atoms with van der Waals surface area (Å²) in [5, 5.41) is 4.43. The van der Waals surface area contributed by atoms with E-state index in [1.54, 1.807) is 12.1 Å². The van der Waals surface area contributed by atoms with Crippen molar-refractivity contribution < 1.29 is 4.39 Å². The standard InChI is InChI=1S/C18H23FN4.ClH/c19-16-4-1-13(2-5-16)9-23-10-14(7-21-23)8-22-11-15-3-6-18(20)17(15)12-22;/h1-2,4-5,7,10,15,17-18H,3,6,8-9,11-12,20H2;1H. The van der Waals surface area contributed by atoms with Gasteiger partial charge in [0, 0.05) is 37.4 Å². The molecule has 0 amide bonds. The number of hydrogen-bond acceptors (Lipinski definition) is 3. The Morgan fingerprint density at radius 1 is 1.08 bits per heavy atom. The molecule has 24 heavy (non-hydrogen) atoms. The predicted molar refractivity (Wildman–Crippen MR) is 94.4 cm³/mol. The predicted octanol–water partition coefficient (Wildman–Crippen LogP) is 2.66. The van der Waals surface area contributed by atoms with Gasteiger partial charge in [-0.25, -0.2) is 4.39 Å². The van der Waals surface area contributed by atoms with Gasteiger partial charge in [-0.2, -0.15) is 5.10 Å². The van der Waals surface area contributed by atoms with E-state index in [0.717, 1.165) is 24.6 Å². The summed E-state index contributed by atoms with van der Waals surface area (Å²) < 4.78 is 14.9. The first-order valence-corrected chi connectivity index (χ1v) is 8.41. The van der Waals surface area contributed by atoms with Crippen molar-refractivity contribution in [3.63, 3.8) is 0 Å². The number of hydrogen-bond donors (Lipinski definition) is 1. The van der Waals surface area contributed by atoms with Gasteiger partial charge in [-0.1, -0.05) is 12.1 Å². The molecule has 1 aliphatic heterocycles. The maximum absolute atomic E-state index is 12.9. The minimum Gasteiger partial charge on any atom is -0.327 e. The second-order valence-electron chi connectivity index (χ2n) is 7.03. The van der Waals surface area contributed by atoms with Crippen LogP contribution in [0.4, 0.5) is 4.39 Å². The Bertz CT molecular complexity index is 672. The van der Waals surface area contributed by atoms with Crippen molar-refractivity contribution in [3.05, 3.63) is 53.6 Å². The number of benzene rings is 1. The number of nitrogens with two attached hydrogens (primary N) is 1. The fourth-order valence-corrected chi connectivity index (χ4v) is 4.14. The van der Waals surface area contributed by atoms with Crippen LogP contribution < -0.4 is 5.73 Å². The maximum Gasteiger partial charge on any atom is 0.123 e. The van der Waals surface area contributed by atoms with E-state index in [4.69, 9.17) is 5.73 Å². The molecule has 3 unspecified atom stereocenters. The van der Waals surface area contributed by atoms with Gasteiger partial charge in [0.25, 0.3) is 0 Å². The molecule has 2 aliphatic rings. The number of halogens is 2. The lowest BCUT2D eigenvalue weighted by atomic mass is 9.98. The zero-order valence-electron chi connectivity index (χ0n) is 13.6. The summed E-state index contributed by atoms with van der Waals surface area (Å²) in [6.45, 7) is 3.91. The Morgan fingerprint density at radius 2 is 1.88 bits per heavy atom.